The summed E-state index contributed by atoms with van der Waals surface area (Å²) in [4.78, 5) is 27.9. The van der Waals surface area contributed by atoms with Crippen molar-refractivity contribution in [3.8, 4) is 11.8 Å². The molecule has 3 nitrogen and oxygen atoms in total. The fourth-order valence-electron chi connectivity index (χ4n) is 4.73. The predicted molar refractivity (Wildman–Crippen MR) is 99.1 cm³/mol. The second-order valence-corrected chi connectivity index (χ2v) is 8.57. The first-order valence-corrected chi connectivity index (χ1v) is 9.85. The molecule has 5 atom stereocenters. The molecule has 1 aromatic heterocycles. The highest BCUT2D eigenvalue weighted by atomic mass is 32.1. The monoisotopic (exact) mass is 362 g/mol. The zero-order chi connectivity index (χ0) is 17.8. The quantitative estimate of drug-likeness (QED) is 0.576. The molecule has 2 bridgehead atoms. The van der Waals surface area contributed by atoms with E-state index in [1.807, 2.05) is 43.3 Å². The lowest BCUT2D eigenvalue weighted by Crippen LogP contribution is -2.29. The summed E-state index contributed by atoms with van der Waals surface area (Å²) in [5.74, 6) is 5.41. The summed E-state index contributed by atoms with van der Waals surface area (Å²) in [6.07, 6.45) is 1.74. The highest BCUT2D eigenvalue weighted by Crippen LogP contribution is 2.52. The van der Waals surface area contributed by atoms with Crippen LogP contribution in [0.15, 0.2) is 36.4 Å². The molecule has 2 aliphatic heterocycles. The number of hydrogen-bond acceptors (Lipinski definition) is 4. The molecule has 1 aromatic carbocycles. The third-order valence-electron chi connectivity index (χ3n) is 5.87. The number of ether oxygens (including phenoxy) is 1. The van der Waals surface area contributed by atoms with Crippen LogP contribution in [0.5, 0.6) is 0 Å². The van der Waals surface area contributed by atoms with E-state index in [0.29, 0.717) is 0 Å². The second kappa shape index (κ2) is 5.90. The van der Waals surface area contributed by atoms with Crippen molar-refractivity contribution in [3.05, 3.63) is 57.3 Å². The molecule has 1 unspecified atom stereocenters. The van der Waals surface area contributed by atoms with Crippen molar-refractivity contribution in [2.75, 3.05) is 0 Å². The van der Waals surface area contributed by atoms with E-state index in [0.717, 1.165) is 33.7 Å². The molecule has 1 aliphatic carbocycles. The van der Waals surface area contributed by atoms with E-state index in [-0.39, 0.29) is 35.6 Å². The minimum absolute atomic E-state index is 0.0391. The molecule has 2 aromatic rings. The van der Waals surface area contributed by atoms with E-state index in [1.54, 1.807) is 11.3 Å². The highest BCUT2D eigenvalue weighted by molar-refractivity contribution is 7.12. The van der Waals surface area contributed by atoms with Crippen molar-refractivity contribution in [1.29, 1.82) is 0 Å². The van der Waals surface area contributed by atoms with E-state index >= 15 is 0 Å². The Morgan fingerprint density at radius 2 is 1.65 bits per heavy atom. The number of carbonyl (C=O) groups excluding carboxylic acids is 2. The summed E-state index contributed by atoms with van der Waals surface area (Å²) < 4.78 is 5.83. The molecule has 0 amide bonds. The SMILES string of the molecule is Cc1sc(C#Cc2ccccc2)cc1C1C(=O)[C@@H]2[C@H](C1=O)[C@H]1CC[C@@H]2O1. The number of carbonyl (C=O) groups is 2. The maximum atomic E-state index is 13.0. The van der Waals surface area contributed by atoms with Crippen LogP contribution in [-0.2, 0) is 14.3 Å². The lowest BCUT2D eigenvalue weighted by atomic mass is 9.81. The number of Topliss-reactive ketones (excluding diaryl/α,β-unsaturated/α-hetero) is 2. The van der Waals surface area contributed by atoms with Crippen LogP contribution in [0.4, 0.5) is 0 Å². The van der Waals surface area contributed by atoms with Gasteiger partial charge in [-0.15, -0.1) is 11.3 Å². The molecule has 3 aliphatic rings. The Kier molecular flexibility index (Phi) is 3.63. The van der Waals surface area contributed by atoms with Crippen molar-refractivity contribution >= 4 is 22.9 Å². The Morgan fingerprint density at radius 1 is 1.00 bits per heavy atom. The summed E-state index contributed by atoms with van der Waals surface area (Å²) in [5.41, 5.74) is 1.81. The lowest BCUT2D eigenvalue weighted by molar-refractivity contribution is -0.127. The van der Waals surface area contributed by atoms with Gasteiger partial charge in [0.2, 0.25) is 0 Å². The van der Waals surface area contributed by atoms with Gasteiger partial charge in [0, 0.05) is 10.4 Å². The first-order valence-electron chi connectivity index (χ1n) is 9.04. The van der Waals surface area contributed by atoms with Crippen molar-refractivity contribution < 1.29 is 14.3 Å². The summed E-state index contributed by atoms with van der Waals surface area (Å²) in [7, 11) is 0. The lowest BCUT2D eigenvalue weighted by Gasteiger charge is -2.16. The zero-order valence-corrected chi connectivity index (χ0v) is 15.2. The van der Waals surface area contributed by atoms with E-state index in [1.165, 1.54) is 0 Å². The first-order chi connectivity index (χ1) is 12.6. The van der Waals surface area contributed by atoms with Crippen molar-refractivity contribution in [2.45, 2.75) is 37.9 Å². The fraction of sp³-hybridized carbons (Fsp3) is 0.364. The van der Waals surface area contributed by atoms with Gasteiger partial charge >= 0.3 is 0 Å². The smallest absolute Gasteiger partial charge is 0.154 e. The van der Waals surface area contributed by atoms with Gasteiger partial charge in [-0.2, -0.15) is 0 Å². The molecule has 0 radical (unpaired) electrons. The Bertz CT molecular complexity index is 934. The fourth-order valence-corrected chi connectivity index (χ4v) is 5.64. The molecule has 0 spiro atoms. The maximum Gasteiger partial charge on any atom is 0.154 e. The van der Waals surface area contributed by atoms with E-state index in [2.05, 4.69) is 11.8 Å². The molecule has 3 heterocycles. The normalized spacial score (nSPS) is 31.8. The standard InChI is InChI=1S/C22H18O3S/c1-12-15(11-14(26-12)8-7-13-5-3-2-4-6-13)18-21(23)19-16-9-10-17(25-16)20(19)22(18)24/h2-6,11,16-20H,9-10H2,1H3/t16-,17+,18?,19-,20+. The van der Waals surface area contributed by atoms with Crippen LogP contribution in [0, 0.1) is 30.6 Å². The Labute approximate surface area is 156 Å². The predicted octanol–water partition coefficient (Wildman–Crippen LogP) is 3.49. The number of thiophene rings is 1. The molecule has 2 saturated heterocycles. The van der Waals surface area contributed by atoms with Crippen molar-refractivity contribution in [2.24, 2.45) is 11.8 Å². The first kappa shape index (κ1) is 16.0. The summed E-state index contributed by atoms with van der Waals surface area (Å²) >= 11 is 1.56. The summed E-state index contributed by atoms with van der Waals surface area (Å²) in [6, 6.07) is 11.8. The number of ketones is 2. The van der Waals surface area contributed by atoms with Gasteiger partial charge < -0.3 is 4.74 Å². The molecule has 0 N–H and O–H groups in total. The Morgan fingerprint density at radius 3 is 2.31 bits per heavy atom. The van der Waals surface area contributed by atoms with Gasteiger partial charge in [-0.25, -0.2) is 0 Å². The summed E-state index contributed by atoms with van der Waals surface area (Å²) in [6.45, 7) is 1.98. The van der Waals surface area contributed by atoms with Crippen LogP contribution in [0.1, 0.15) is 39.6 Å². The molecule has 3 fully saturated rings. The number of benzene rings is 1. The van der Waals surface area contributed by atoms with E-state index in [9.17, 15) is 9.59 Å². The number of rotatable bonds is 1. The topological polar surface area (TPSA) is 43.4 Å². The number of fused-ring (bicyclic) bond motifs is 5. The largest absolute Gasteiger partial charge is 0.373 e. The van der Waals surface area contributed by atoms with E-state index in [4.69, 9.17) is 4.74 Å². The molecule has 130 valence electrons. The number of aryl methyl sites for hydroxylation is 1. The van der Waals surface area contributed by atoms with Crippen molar-refractivity contribution in [1.82, 2.24) is 0 Å². The van der Waals surface area contributed by atoms with Crippen LogP contribution >= 0.6 is 11.3 Å². The molecule has 26 heavy (non-hydrogen) atoms. The van der Waals surface area contributed by atoms with Gasteiger partial charge in [0.05, 0.1) is 28.9 Å². The van der Waals surface area contributed by atoms with Gasteiger partial charge in [-0.1, -0.05) is 30.0 Å². The molecule has 1 saturated carbocycles. The highest BCUT2D eigenvalue weighted by Gasteiger charge is 2.63. The van der Waals surface area contributed by atoms with Crippen LogP contribution in [-0.4, -0.2) is 23.8 Å². The minimum atomic E-state index is -0.611. The van der Waals surface area contributed by atoms with Gasteiger partial charge in [0.25, 0.3) is 0 Å². The Hall–Kier alpha value is -2.22. The average molecular weight is 362 g/mol. The van der Waals surface area contributed by atoms with Crippen LogP contribution in [0.3, 0.4) is 0 Å². The molecular weight excluding hydrogens is 344 g/mol. The van der Waals surface area contributed by atoms with E-state index < -0.39 is 5.92 Å². The molecule has 4 heteroatoms. The van der Waals surface area contributed by atoms with Crippen LogP contribution < -0.4 is 0 Å². The van der Waals surface area contributed by atoms with Gasteiger partial charge in [0.1, 0.15) is 5.92 Å². The third kappa shape index (κ3) is 2.31. The van der Waals surface area contributed by atoms with Gasteiger partial charge in [-0.05, 0) is 43.5 Å². The maximum absolute atomic E-state index is 13.0. The van der Waals surface area contributed by atoms with Gasteiger partial charge in [0.15, 0.2) is 11.6 Å². The van der Waals surface area contributed by atoms with Crippen LogP contribution in [0.25, 0.3) is 0 Å². The van der Waals surface area contributed by atoms with Gasteiger partial charge in [-0.3, -0.25) is 9.59 Å². The van der Waals surface area contributed by atoms with Crippen molar-refractivity contribution in [3.63, 3.8) is 0 Å². The van der Waals surface area contributed by atoms with Crippen LogP contribution in [0.2, 0.25) is 0 Å². The second-order valence-electron chi connectivity index (χ2n) is 7.32. The summed E-state index contributed by atoms with van der Waals surface area (Å²) in [5, 5.41) is 0. The minimum Gasteiger partial charge on any atom is -0.373 e. The average Bonchev–Trinajstić information content (AvgIpc) is 3.39. The number of hydrogen-bond donors (Lipinski definition) is 0. The Balaban J connectivity index is 1.46. The molecular formula is C22H18O3S. The third-order valence-corrected chi connectivity index (χ3v) is 6.85. The zero-order valence-electron chi connectivity index (χ0n) is 14.4. The molecule has 5 rings (SSSR count).